The van der Waals surface area contributed by atoms with Gasteiger partial charge in [-0.1, -0.05) is 73.8 Å². The quantitative estimate of drug-likeness (QED) is 0.427. The zero-order valence-corrected chi connectivity index (χ0v) is 17.4. The molecule has 0 bridgehead atoms. The molecule has 0 aliphatic heterocycles. The number of carbonyl (C=O) groups is 1. The van der Waals surface area contributed by atoms with Crippen LogP contribution in [0.3, 0.4) is 0 Å². The van der Waals surface area contributed by atoms with Crippen LogP contribution in [0.15, 0.2) is 54.6 Å². The van der Waals surface area contributed by atoms with Gasteiger partial charge in [-0.25, -0.2) is 0 Å². The third-order valence-corrected chi connectivity index (χ3v) is 6.41. The molecule has 1 unspecified atom stereocenters. The molecular formula is C24H33BN2O2. The Bertz CT molecular complexity index is 781. The second-order valence-corrected chi connectivity index (χ2v) is 8.45. The molecule has 2 aromatic carbocycles. The summed E-state index contributed by atoms with van der Waals surface area (Å²) in [7, 11) is 2.13. The number of nitrogens with one attached hydrogen (secondary N) is 1. The number of rotatable bonds is 10. The average Bonchev–Trinajstić information content (AvgIpc) is 3.23. The summed E-state index contributed by atoms with van der Waals surface area (Å²) in [4.78, 5) is 11.9. The second-order valence-electron chi connectivity index (χ2n) is 8.45. The van der Waals surface area contributed by atoms with Gasteiger partial charge >= 0.3 is 5.97 Å². The van der Waals surface area contributed by atoms with Crippen molar-refractivity contribution in [3.63, 3.8) is 0 Å². The zero-order valence-electron chi connectivity index (χ0n) is 17.4. The van der Waals surface area contributed by atoms with E-state index in [1.807, 2.05) is 6.07 Å². The largest absolute Gasteiger partial charge is 0.480 e. The Labute approximate surface area is 175 Å². The Hall–Kier alpha value is -2.11. The molecule has 4 nitrogen and oxygen atoms in total. The van der Waals surface area contributed by atoms with Gasteiger partial charge in [-0.15, -0.1) is 0 Å². The van der Waals surface area contributed by atoms with E-state index in [1.54, 1.807) is 0 Å². The second kappa shape index (κ2) is 10.1. The molecule has 0 spiro atoms. The smallest absolute Gasteiger partial charge is 0.323 e. The van der Waals surface area contributed by atoms with Crippen LogP contribution >= 0.6 is 0 Å². The first kappa shape index (κ1) is 21.6. The number of hydrogen-bond donors (Lipinski definition) is 3. The van der Waals surface area contributed by atoms with Crippen molar-refractivity contribution in [2.24, 2.45) is 11.7 Å². The number of carboxylic acid groups (broad SMARTS) is 1. The molecule has 154 valence electrons. The molecule has 4 N–H and O–H groups in total. The molecule has 0 radical (unpaired) electrons. The van der Waals surface area contributed by atoms with E-state index in [1.165, 1.54) is 16.7 Å². The summed E-state index contributed by atoms with van der Waals surface area (Å²) in [5.41, 5.74) is 9.01. The summed E-state index contributed by atoms with van der Waals surface area (Å²) in [6, 6.07) is 19.4. The lowest BCUT2D eigenvalue weighted by Gasteiger charge is -2.31. The van der Waals surface area contributed by atoms with Gasteiger partial charge in [0.05, 0.1) is 0 Å². The molecule has 0 aromatic heterocycles. The topological polar surface area (TPSA) is 75.4 Å². The lowest BCUT2D eigenvalue weighted by molar-refractivity contribution is -0.146. The van der Waals surface area contributed by atoms with E-state index in [9.17, 15) is 9.90 Å². The van der Waals surface area contributed by atoms with Crippen LogP contribution in [0.1, 0.15) is 44.1 Å². The fraction of sp³-hybridized carbons (Fsp3) is 0.458. The molecule has 0 amide bonds. The van der Waals surface area contributed by atoms with Crippen LogP contribution in [0.4, 0.5) is 0 Å². The summed E-state index contributed by atoms with van der Waals surface area (Å²) in [6.45, 7) is 0.799. The molecule has 0 saturated heterocycles. The predicted octanol–water partition coefficient (Wildman–Crippen LogP) is 3.62. The van der Waals surface area contributed by atoms with Crippen molar-refractivity contribution >= 4 is 13.8 Å². The average molecular weight is 392 g/mol. The number of unbranched alkanes of at least 4 members (excludes halogenated alkanes) is 1. The first-order chi connectivity index (χ1) is 14.0. The lowest BCUT2D eigenvalue weighted by Crippen LogP contribution is -2.53. The summed E-state index contributed by atoms with van der Waals surface area (Å²) in [6.07, 6.45) is 6.31. The minimum Gasteiger partial charge on any atom is -0.480 e. The van der Waals surface area contributed by atoms with Crippen molar-refractivity contribution in [2.75, 3.05) is 0 Å². The summed E-state index contributed by atoms with van der Waals surface area (Å²) in [5.74, 6) is -0.787. The Morgan fingerprint density at radius 1 is 1.07 bits per heavy atom. The Balaban J connectivity index is 1.52. The molecule has 5 heteroatoms. The van der Waals surface area contributed by atoms with Gasteiger partial charge in [0.15, 0.2) is 0 Å². The van der Waals surface area contributed by atoms with Crippen LogP contribution in [-0.4, -0.2) is 30.5 Å². The van der Waals surface area contributed by atoms with Crippen LogP contribution < -0.4 is 11.1 Å². The lowest BCUT2D eigenvalue weighted by atomic mass is 9.78. The van der Waals surface area contributed by atoms with E-state index in [-0.39, 0.29) is 5.92 Å². The van der Waals surface area contributed by atoms with Gasteiger partial charge in [-0.3, -0.25) is 4.79 Å². The zero-order chi connectivity index (χ0) is 20.7. The number of aliphatic carboxylic acids is 1. The highest BCUT2D eigenvalue weighted by Gasteiger charge is 2.44. The van der Waals surface area contributed by atoms with Gasteiger partial charge in [0.1, 0.15) is 13.4 Å². The highest BCUT2D eigenvalue weighted by molar-refractivity contribution is 6.08. The van der Waals surface area contributed by atoms with Crippen molar-refractivity contribution in [1.82, 2.24) is 5.32 Å². The molecule has 0 heterocycles. The molecule has 1 saturated carbocycles. The highest BCUT2D eigenvalue weighted by atomic mass is 16.4. The third kappa shape index (κ3) is 5.49. The molecule has 29 heavy (non-hydrogen) atoms. The summed E-state index contributed by atoms with van der Waals surface area (Å²) in [5, 5.41) is 13.4. The first-order valence-electron chi connectivity index (χ1n) is 10.9. The fourth-order valence-corrected chi connectivity index (χ4v) is 4.50. The number of carboxylic acids is 1. The van der Waals surface area contributed by atoms with E-state index in [4.69, 9.17) is 5.73 Å². The normalized spacial score (nSPS) is 21.0. The highest BCUT2D eigenvalue weighted by Crippen LogP contribution is 2.36. The predicted molar refractivity (Wildman–Crippen MR) is 122 cm³/mol. The monoisotopic (exact) mass is 392 g/mol. The molecule has 1 fully saturated rings. The van der Waals surface area contributed by atoms with Gasteiger partial charge in [-0.2, -0.15) is 0 Å². The number of hydrogen-bond acceptors (Lipinski definition) is 3. The van der Waals surface area contributed by atoms with E-state index in [0.717, 1.165) is 45.0 Å². The molecule has 1 aliphatic rings. The third-order valence-electron chi connectivity index (χ3n) is 6.41. The molecule has 1 aliphatic carbocycles. The van der Waals surface area contributed by atoms with Gasteiger partial charge in [0.2, 0.25) is 0 Å². The minimum absolute atomic E-state index is 0.0508. The van der Waals surface area contributed by atoms with Crippen LogP contribution in [-0.2, 0) is 11.3 Å². The van der Waals surface area contributed by atoms with Crippen LogP contribution in [0.5, 0.6) is 0 Å². The summed E-state index contributed by atoms with van der Waals surface area (Å²) < 4.78 is 0. The Kier molecular flexibility index (Phi) is 7.51. The maximum atomic E-state index is 11.9. The number of nitrogens with two attached hydrogens (primary N) is 1. The van der Waals surface area contributed by atoms with Crippen LogP contribution in [0, 0.1) is 5.92 Å². The van der Waals surface area contributed by atoms with Crippen molar-refractivity contribution in [3.05, 3.63) is 60.2 Å². The Morgan fingerprint density at radius 3 is 2.41 bits per heavy atom. The van der Waals surface area contributed by atoms with Gasteiger partial charge in [0.25, 0.3) is 0 Å². The maximum absolute atomic E-state index is 11.9. The van der Waals surface area contributed by atoms with Crippen molar-refractivity contribution in [1.29, 1.82) is 0 Å². The van der Waals surface area contributed by atoms with E-state index in [0.29, 0.717) is 12.5 Å². The van der Waals surface area contributed by atoms with E-state index < -0.39 is 11.5 Å². The van der Waals surface area contributed by atoms with Crippen molar-refractivity contribution < 1.29 is 9.90 Å². The molecular weight excluding hydrogens is 359 g/mol. The van der Waals surface area contributed by atoms with Crippen molar-refractivity contribution in [3.8, 4) is 11.1 Å². The molecule has 3 atom stereocenters. The van der Waals surface area contributed by atoms with Gasteiger partial charge in [0, 0.05) is 12.6 Å². The molecule has 3 rings (SSSR count). The van der Waals surface area contributed by atoms with Gasteiger partial charge in [-0.05, 0) is 48.3 Å². The van der Waals surface area contributed by atoms with Crippen LogP contribution in [0.25, 0.3) is 11.1 Å². The molecule has 2 aromatic rings. The maximum Gasteiger partial charge on any atom is 0.323 e. The first-order valence-corrected chi connectivity index (χ1v) is 10.9. The van der Waals surface area contributed by atoms with Crippen LogP contribution in [0.2, 0.25) is 6.32 Å². The van der Waals surface area contributed by atoms with E-state index >= 15 is 0 Å². The Morgan fingerprint density at radius 2 is 1.76 bits per heavy atom. The van der Waals surface area contributed by atoms with E-state index in [2.05, 4.69) is 61.7 Å². The van der Waals surface area contributed by atoms with Gasteiger partial charge < -0.3 is 16.2 Å². The van der Waals surface area contributed by atoms with Crippen molar-refractivity contribution in [2.45, 2.75) is 63.0 Å². The minimum atomic E-state index is -1.08. The standard InChI is InChI=1S/C24H33BN2O2/c25-15-5-4-14-24(26,23(28)29)21-12-13-22(16-21)27-17-18-8-10-20(11-9-18)19-6-2-1-3-7-19/h1-3,6-11,21-22,27H,4-5,12-17,25-26H2,(H,28,29)/t21-,22+,24?/m0/s1. The fourth-order valence-electron chi connectivity index (χ4n) is 4.50. The summed E-state index contributed by atoms with van der Waals surface area (Å²) >= 11 is 0. The SMILES string of the molecule is BCCCCC(N)(C(=O)O)[C@H]1CC[C@@H](NCc2ccc(-c3ccccc3)cc2)C1. The number of benzene rings is 2.